The molecule has 0 spiro atoms. The smallest absolute Gasteiger partial charge is 0.0948 e. The minimum atomic E-state index is 0.219. The highest BCUT2D eigenvalue weighted by Gasteiger charge is 2.32. The van der Waals surface area contributed by atoms with Gasteiger partial charge in [-0.15, -0.1) is 11.3 Å². The predicted molar refractivity (Wildman–Crippen MR) is 81.9 cm³/mol. The van der Waals surface area contributed by atoms with Gasteiger partial charge in [-0.25, -0.2) is 4.98 Å². The summed E-state index contributed by atoms with van der Waals surface area (Å²) in [5, 5.41) is 4.45. The third-order valence-corrected chi connectivity index (χ3v) is 4.96. The van der Waals surface area contributed by atoms with Gasteiger partial charge >= 0.3 is 0 Å². The van der Waals surface area contributed by atoms with Crippen LogP contribution in [0.4, 0.5) is 0 Å². The lowest BCUT2D eigenvalue weighted by Gasteiger charge is -2.31. The van der Waals surface area contributed by atoms with Crippen molar-refractivity contribution in [3.63, 3.8) is 0 Å². The lowest BCUT2D eigenvalue weighted by Crippen LogP contribution is -2.24. The Morgan fingerprint density at radius 2 is 2.11 bits per heavy atom. The van der Waals surface area contributed by atoms with Crippen molar-refractivity contribution >= 4 is 11.3 Å². The second-order valence-corrected chi connectivity index (χ2v) is 7.01. The molecule has 0 saturated heterocycles. The van der Waals surface area contributed by atoms with Crippen LogP contribution in [0.1, 0.15) is 29.3 Å². The Hall–Kier alpha value is -1.19. The first-order valence-electron chi connectivity index (χ1n) is 6.85. The Morgan fingerprint density at radius 1 is 1.32 bits per heavy atom. The molecule has 1 aromatic carbocycles. The first-order chi connectivity index (χ1) is 9.12. The second-order valence-electron chi connectivity index (χ2n) is 5.84. The molecule has 3 heteroatoms. The fraction of sp³-hybridized carbons (Fsp3) is 0.438. The van der Waals surface area contributed by atoms with Crippen LogP contribution < -0.4 is 5.32 Å². The fourth-order valence-electron chi connectivity index (χ4n) is 2.85. The normalized spacial score (nSPS) is 15.9. The van der Waals surface area contributed by atoms with Crippen LogP contribution in [0.15, 0.2) is 24.3 Å². The summed E-state index contributed by atoms with van der Waals surface area (Å²) in [6.45, 7) is 5.67. The topological polar surface area (TPSA) is 24.9 Å². The van der Waals surface area contributed by atoms with Gasteiger partial charge in [-0.3, -0.25) is 0 Å². The van der Waals surface area contributed by atoms with E-state index in [9.17, 15) is 0 Å². The quantitative estimate of drug-likeness (QED) is 0.926. The highest BCUT2D eigenvalue weighted by atomic mass is 32.1. The van der Waals surface area contributed by atoms with Gasteiger partial charge in [-0.2, -0.15) is 0 Å². The molecule has 0 bridgehead atoms. The minimum absolute atomic E-state index is 0.219. The largest absolute Gasteiger partial charge is 0.319 e. The highest BCUT2D eigenvalue weighted by molar-refractivity contribution is 7.12. The van der Waals surface area contributed by atoms with Gasteiger partial charge in [0.05, 0.1) is 10.7 Å². The van der Waals surface area contributed by atoms with Crippen LogP contribution in [-0.2, 0) is 18.3 Å². The van der Waals surface area contributed by atoms with Crippen LogP contribution >= 0.6 is 11.3 Å². The summed E-state index contributed by atoms with van der Waals surface area (Å²) in [6.07, 6.45) is 2.13. The van der Waals surface area contributed by atoms with Gasteiger partial charge in [0, 0.05) is 23.4 Å². The molecule has 1 heterocycles. The summed E-state index contributed by atoms with van der Waals surface area (Å²) in [4.78, 5) is 6.33. The Bertz CT molecular complexity index is 599. The number of nitrogens with zero attached hydrogens (tertiary/aromatic N) is 1. The minimum Gasteiger partial charge on any atom is -0.319 e. The second kappa shape index (κ2) is 4.73. The molecule has 1 N–H and O–H groups in total. The average molecular weight is 272 g/mol. The summed E-state index contributed by atoms with van der Waals surface area (Å²) in [5.74, 6) is 0. The summed E-state index contributed by atoms with van der Waals surface area (Å²) in [7, 11) is 1.99. The predicted octanol–water partition coefficient (Wildman–Crippen LogP) is 3.41. The molecule has 19 heavy (non-hydrogen) atoms. The summed E-state index contributed by atoms with van der Waals surface area (Å²) >= 11 is 1.89. The standard InChI is InChI=1S/C16H20N2S/c1-16(2)10-13-15(11-6-4-5-7-12(11)16)18-14(19-13)8-9-17-3/h4-7,17H,8-10H2,1-3H3. The van der Waals surface area contributed by atoms with Crippen molar-refractivity contribution in [3.8, 4) is 11.3 Å². The number of nitrogens with one attached hydrogen (secondary N) is 1. The molecule has 0 amide bonds. The molecule has 1 aromatic heterocycles. The number of likely N-dealkylation sites (N-methyl/N-ethyl adjacent to an activating group) is 1. The van der Waals surface area contributed by atoms with Crippen LogP contribution in [0.25, 0.3) is 11.3 Å². The van der Waals surface area contributed by atoms with Crippen molar-refractivity contribution in [3.05, 3.63) is 39.7 Å². The van der Waals surface area contributed by atoms with E-state index in [0.717, 1.165) is 19.4 Å². The van der Waals surface area contributed by atoms with Crippen LogP contribution in [0.2, 0.25) is 0 Å². The molecule has 1 aliphatic carbocycles. The molecule has 0 aliphatic heterocycles. The van der Waals surface area contributed by atoms with Gasteiger partial charge < -0.3 is 5.32 Å². The van der Waals surface area contributed by atoms with Crippen LogP contribution in [0.3, 0.4) is 0 Å². The lowest BCUT2D eigenvalue weighted by molar-refractivity contribution is 0.521. The molecular weight excluding hydrogens is 252 g/mol. The number of rotatable bonds is 3. The number of hydrogen-bond donors (Lipinski definition) is 1. The molecule has 2 nitrogen and oxygen atoms in total. The third-order valence-electron chi connectivity index (χ3n) is 3.84. The molecule has 1 aliphatic rings. The number of benzene rings is 1. The van der Waals surface area contributed by atoms with Crippen LogP contribution in [0.5, 0.6) is 0 Å². The Kier molecular flexibility index (Phi) is 3.19. The van der Waals surface area contributed by atoms with E-state index < -0.39 is 0 Å². The van der Waals surface area contributed by atoms with Crippen molar-refractivity contribution in [1.82, 2.24) is 10.3 Å². The van der Waals surface area contributed by atoms with E-state index in [2.05, 4.69) is 43.4 Å². The first kappa shape index (κ1) is 12.8. The maximum Gasteiger partial charge on any atom is 0.0948 e. The zero-order valence-corrected chi connectivity index (χ0v) is 12.6. The van der Waals surface area contributed by atoms with E-state index in [1.807, 2.05) is 18.4 Å². The average Bonchev–Trinajstić information content (AvgIpc) is 2.78. The van der Waals surface area contributed by atoms with Gasteiger partial charge in [-0.1, -0.05) is 38.1 Å². The van der Waals surface area contributed by atoms with Crippen molar-refractivity contribution < 1.29 is 0 Å². The van der Waals surface area contributed by atoms with Crippen molar-refractivity contribution in [2.75, 3.05) is 13.6 Å². The third kappa shape index (κ3) is 2.21. The van der Waals surface area contributed by atoms with Gasteiger partial charge in [0.2, 0.25) is 0 Å². The maximum absolute atomic E-state index is 4.87. The van der Waals surface area contributed by atoms with Crippen molar-refractivity contribution in [2.45, 2.75) is 32.1 Å². The molecule has 3 rings (SSSR count). The van der Waals surface area contributed by atoms with E-state index in [0.29, 0.717) is 0 Å². The van der Waals surface area contributed by atoms with E-state index in [1.165, 1.54) is 26.7 Å². The Labute approximate surface area is 118 Å². The highest BCUT2D eigenvalue weighted by Crippen LogP contribution is 2.44. The molecular formula is C16H20N2S. The van der Waals surface area contributed by atoms with Crippen LogP contribution in [0, 0.1) is 0 Å². The first-order valence-corrected chi connectivity index (χ1v) is 7.66. The van der Waals surface area contributed by atoms with E-state index in [4.69, 9.17) is 4.98 Å². The van der Waals surface area contributed by atoms with E-state index in [-0.39, 0.29) is 5.41 Å². The summed E-state index contributed by atoms with van der Waals surface area (Å²) < 4.78 is 0. The number of thiazole rings is 1. The maximum atomic E-state index is 4.87. The zero-order valence-electron chi connectivity index (χ0n) is 11.8. The number of hydrogen-bond acceptors (Lipinski definition) is 3. The SMILES string of the molecule is CNCCc1nc2c(s1)CC(C)(C)c1ccccc1-2. The number of aromatic nitrogens is 1. The molecule has 0 atom stereocenters. The summed E-state index contributed by atoms with van der Waals surface area (Å²) in [6, 6.07) is 8.73. The van der Waals surface area contributed by atoms with Crippen LogP contribution in [-0.4, -0.2) is 18.6 Å². The van der Waals surface area contributed by atoms with Gasteiger partial charge in [0.25, 0.3) is 0 Å². The Balaban J connectivity index is 2.07. The van der Waals surface area contributed by atoms with E-state index >= 15 is 0 Å². The molecule has 0 radical (unpaired) electrons. The van der Waals surface area contributed by atoms with E-state index in [1.54, 1.807) is 0 Å². The fourth-order valence-corrected chi connectivity index (χ4v) is 4.16. The Morgan fingerprint density at radius 3 is 2.89 bits per heavy atom. The molecule has 100 valence electrons. The van der Waals surface area contributed by atoms with Crippen molar-refractivity contribution in [1.29, 1.82) is 0 Å². The lowest BCUT2D eigenvalue weighted by atomic mass is 9.74. The van der Waals surface area contributed by atoms with Gasteiger partial charge in [0.15, 0.2) is 0 Å². The molecule has 0 fully saturated rings. The molecule has 0 saturated carbocycles. The van der Waals surface area contributed by atoms with Crippen molar-refractivity contribution in [2.24, 2.45) is 0 Å². The monoisotopic (exact) mass is 272 g/mol. The number of fused-ring (bicyclic) bond motifs is 3. The summed E-state index contributed by atoms with van der Waals surface area (Å²) in [5.41, 5.74) is 4.22. The zero-order chi connectivity index (χ0) is 13.5. The van der Waals surface area contributed by atoms with Gasteiger partial charge in [0.1, 0.15) is 0 Å². The molecule has 0 unspecified atom stereocenters. The van der Waals surface area contributed by atoms with Gasteiger partial charge in [-0.05, 0) is 24.4 Å². The molecule has 2 aromatic rings.